The molecule has 1 saturated heterocycles. The quantitative estimate of drug-likeness (QED) is 0.613. The molecule has 0 spiro atoms. The van der Waals surface area contributed by atoms with Crippen molar-refractivity contribution in [3.8, 4) is 0 Å². The Morgan fingerprint density at radius 1 is 0.588 bits per heavy atom. The van der Waals surface area contributed by atoms with E-state index in [0.29, 0.717) is 32.5 Å². The summed E-state index contributed by atoms with van der Waals surface area (Å²) in [7, 11) is 0. The van der Waals surface area contributed by atoms with Crippen molar-refractivity contribution in [3.05, 3.63) is 0 Å². The van der Waals surface area contributed by atoms with Crippen LogP contribution >= 0.6 is 0 Å². The molecular formula is C13H22O4. The fourth-order valence-electron chi connectivity index (χ4n) is 1.82. The zero-order chi connectivity index (χ0) is 12.3. The Morgan fingerprint density at radius 3 is 1.47 bits per heavy atom. The summed E-state index contributed by atoms with van der Waals surface area (Å²) in [5.41, 5.74) is 0. The largest absolute Gasteiger partial charge is 0.466 e. The van der Waals surface area contributed by atoms with Gasteiger partial charge in [-0.1, -0.05) is 25.7 Å². The van der Waals surface area contributed by atoms with Gasteiger partial charge >= 0.3 is 11.9 Å². The smallest absolute Gasteiger partial charge is 0.305 e. The van der Waals surface area contributed by atoms with Crippen molar-refractivity contribution >= 4 is 11.9 Å². The van der Waals surface area contributed by atoms with Gasteiger partial charge in [0.15, 0.2) is 0 Å². The molecule has 0 aromatic rings. The minimum Gasteiger partial charge on any atom is -0.466 e. The number of carbonyl (C=O) groups is 2. The number of ether oxygens (including phenoxy) is 2. The Hall–Kier alpha value is -1.06. The minimum atomic E-state index is -0.133. The topological polar surface area (TPSA) is 52.6 Å². The Kier molecular flexibility index (Phi) is 7.43. The summed E-state index contributed by atoms with van der Waals surface area (Å²) in [6.45, 7) is 0.707. The Morgan fingerprint density at radius 2 is 1.00 bits per heavy atom. The van der Waals surface area contributed by atoms with Crippen LogP contribution in [0, 0.1) is 0 Å². The Bertz CT molecular complexity index is 214. The van der Waals surface area contributed by atoms with Gasteiger partial charge in [0.05, 0.1) is 13.2 Å². The molecule has 1 heterocycles. The lowest BCUT2D eigenvalue weighted by atomic mass is 10.1. The lowest BCUT2D eigenvalue weighted by Gasteiger charge is -2.05. The summed E-state index contributed by atoms with van der Waals surface area (Å²) in [5, 5.41) is 0. The maximum absolute atomic E-state index is 11.3. The molecule has 1 rings (SSSR count). The van der Waals surface area contributed by atoms with Crippen LogP contribution in [-0.4, -0.2) is 25.2 Å². The van der Waals surface area contributed by atoms with E-state index in [-0.39, 0.29) is 11.9 Å². The molecule has 0 N–H and O–H groups in total. The number of carbonyl (C=O) groups excluding carboxylic acids is 2. The zero-order valence-corrected chi connectivity index (χ0v) is 10.4. The third-order valence-corrected chi connectivity index (χ3v) is 2.83. The van der Waals surface area contributed by atoms with E-state index in [1.807, 2.05) is 0 Å². The highest BCUT2D eigenvalue weighted by molar-refractivity contribution is 5.69. The second-order valence-corrected chi connectivity index (χ2v) is 4.42. The minimum absolute atomic E-state index is 0.133. The van der Waals surface area contributed by atoms with Crippen LogP contribution in [0.2, 0.25) is 0 Å². The molecule has 0 bridgehead atoms. The van der Waals surface area contributed by atoms with Gasteiger partial charge in [0.2, 0.25) is 0 Å². The van der Waals surface area contributed by atoms with E-state index >= 15 is 0 Å². The van der Waals surface area contributed by atoms with Gasteiger partial charge in [0.1, 0.15) is 0 Å². The number of esters is 2. The summed E-state index contributed by atoms with van der Waals surface area (Å²) >= 11 is 0. The van der Waals surface area contributed by atoms with E-state index in [1.165, 1.54) is 0 Å². The maximum atomic E-state index is 11.3. The third-order valence-electron chi connectivity index (χ3n) is 2.83. The predicted octanol–water partition coefficient (Wildman–Crippen LogP) is 2.60. The summed E-state index contributed by atoms with van der Waals surface area (Å²) < 4.78 is 10.0. The fraction of sp³-hybridized carbons (Fsp3) is 0.846. The molecule has 98 valence electrons. The summed E-state index contributed by atoms with van der Waals surface area (Å²) in [6, 6.07) is 0. The molecule has 17 heavy (non-hydrogen) atoms. The van der Waals surface area contributed by atoms with Gasteiger partial charge in [-0.25, -0.2) is 0 Å². The van der Waals surface area contributed by atoms with Gasteiger partial charge in [-0.15, -0.1) is 0 Å². The van der Waals surface area contributed by atoms with Crippen molar-refractivity contribution in [3.63, 3.8) is 0 Å². The van der Waals surface area contributed by atoms with Crippen molar-refractivity contribution in [2.45, 2.75) is 57.8 Å². The first kappa shape index (κ1) is 14.0. The molecule has 1 aliphatic heterocycles. The van der Waals surface area contributed by atoms with E-state index in [0.717, 1.165) is 38.5 Å². The monoisotopic (exact) mass is 242 g/mol. The normalized spacial score (nSPS) is 21.9. The van der Waals surface area contributed by atoms with E-state index in [9.17, 15) is 9.59 Å². The van der Waals surface area contributed by atoms with Crippen LogP contribution in [0.1, 0.15) is 57.8 Å². The van der Waals surface area contributed by atoms with Crippen LogP contribution in [0.15, 0.2) is 0 Å². The van der Waals surface area contributed by atoms with E-state index in [4.69, 9.17) is 9.47 Å². The maximum Gasteiger partial charge on any atom is 0.305 e. The SMILES string of the molecule is O=C1CCCCCCCCC(=O)OCCCO1. The molecule has 4 nitrogen and oxygen atoms in total. The Labute approximate surface area is 103 Å². The zero-order valence-electron chi connectivity index (χ0n) is 10.4. The highest BCUT2D eigenvalue weighted by Gasteiger charge is 2.06. The first-order valence-corrected chi connectivity index (χ1v) is 6.60. The van der Waals surface area contributed by atoms with Crippen LogP contribution in [0.4, 0.5) is 0 Å². The number of cyclic esters (lactones) is 2. The van der Waals surface area contributed by atoms with Crippen LogP contribution in [0.5, 0.6) is 0 Å². The fourth-order valence-corrected chi connectivity index (χ4v) is 1.82. The van der Waals surface area contributed by atoms with Crippen LogP contribution in [0.25, 0.3) is 0 Å². The highest BCUT2D eigenvalue weighted by atomic mass is 16.5. The van der Waals surface area contributed by atoms with Crippen LogP contribution in [0.3, 0.4) is 0 Å². The van der Waals surface area contributed by atoms with Crippen molar-refractivity contribution < 1.29 is 19.1 Å². The van der Waals surface area contributed by atoms with Crippen molar-refractivity contribution in [2.75, 3.05) is 13.2 Å². The van der Waals surface area contributed by atoms with Gasteiger partial charge in [0.25, 0.3) is 0 Å². The first-order valence-electron chi connectivity index (χ1n) is 6.60. The van der Waals surface area contributed by atoms with Gasteiger partial charge in [-0.2, -0.15) is 0 Å². The van der Waals surface area contributed by atoms with Crippen molar-refractivity contribution in [2.24, 2.45) is 0 Å². The molecule has 0 saturated carbocycles. The van der Waals surface area contributed by atoms with E-state index < -0.39 is 0 Å². The predicted molar refractivity (Wildman–Crippen MR) is 63.5 cm³/mol. The molecule has 1 aliphatic rings. The van der Waals surface area contributed by atoms with Gasteiger partial charge < -0.3 is 9.47 Å². The molecule has 1 fully saturated rings. The molecule has 4 heteroatoms. The average molecular weight is 242 g/mol. The first-order chi connectivity index (χ1) is 8.29. The van der Waals surface area contributed by atoms with Gasteiger partial charge in [0, 0.05) is 19.3 Å². The molecular weight excluding hydrogens is 220 g/mol. The van der Waals surface area contributed by atoms with E-state index in [1.54, 1.807) is 0 Å². The van der Waals surface area contributed by atoms with Crippen molar-refractivity contribution in [1.29, 1.82) is 0 Å². The van der Waals surface area contributed by atoms with Crippen LogP contribution < -0.4 is 0 Å². The molecule has 0 atom stereocenters. The highest BCUT2D eigenvalue weighted by Crippen LogP contribution is 2.10. The number of rotatable bonds is 0. The molecule has 0 aromatic carbocycles. The van der Waals surface area contributed by atoms with E-state index in [2.05, 4.69) is 0 Å². The summed E-state index contributed by atoms with van der Waals surface area (Å²) in [4.78, 5) is 22.5. The molecule has 0 aliphatic carbocycles. The molecule has 0 aromatic heterocycles. The lowest BCUT2D eigenvalue weighted by molar-refractivity contribution is -0.146. The van der Waals surface area contributed by atoms with Gasteiger partial charge in [-0.3, -0.25) is 9.59 Å². The van der Waals surface area contributed by atoms with Crippen molar-refractivity contribution in [1.82, 2.24) is 0 Å². The summed E-state index contributed by atoms with van der Waals surface area (Å²) in [5.74, 6) is -0.266. The molecule has 0 radical (unpaired) electrons. The second-order valence-electron chi connectivity index (χ2n) is 4.42. The average Bonchev–Trinajstić information content (AvgIpc) is 2.31. The summed E-state index contributed by atoms with van der Waals surface area (Å²) in [6.07, 6.45) is 7.84. The number of hydrogen-bond donors (Lipinski definition) is 0. The third kappa shape index (κ3) is 7.77. The van der Waals surface area contributed by atoms with Crippen LogP contribution in [-0.2, 0) is 19.1 Å². The standard InChI is InChI=1S/C13H22O4/c14-12-8-5-3-1-2-4-6-9-13(15)17-11-7-10-16-12/h1-11H2. The lowest BCUT2D eigenvalue weighted by Crippen LogP contribution is -2.10. The Balaban J connectivity index is 2.23. The second kappa shape index (κ2) is 9.02. The number of hydrogen-bond acceptors (Lipinski definition) is 4. The molecule has 0 amide bonds. The van der Waals surface area contributed by atoms with Gasteiger partial charge in [-0.05, 0) is 12.8 Å². The molecule has 0 unspecified atom stereocenters.